The number of nitro groups is 1. The van der Waals surface area contributed by atoms with Crippen LogP contribution in [-0.2, 0) is 4.79 Å². The molecule has 1 aromatic heterocycles. The molecule has 0 aliphatic rings. The quantitative estimate of drug-likeness (QED) is 0.216. The highest BCUT2D eigenvalue weighted by atomic mass is 32.2. The molecule has 0 spiro atoms. The van der Waals surface area contributed by atoms with E-state index in [4.69, 9.17) is 0 Å². The third-order valence-corrected chi connectivity index (χ3v) is 7.13. The molecule has 0 saturated heterocycles. The Balaban J connectivity index is 1.71. The summed E-state index contributed by atoms with van der Waals surface area (Å²) < 4.78 is 1.00. The van der Waals surface area contributed by atoms with Crippen molar-refractivity contribution in [2.45, 2.75) is 29.6 Å². The number of carboxylic acid groups (broad SMARTS) is 1. The predicted octanol–water partition coefficient (Wildman–Crippen LogP) is 7.07. The highest BCUT2D eigenvalue weighted by Crippen LogP contribution is 2.37. The smallest absolute Gasteiger partial charge is 0.303 e. The Labute approximate surface area is 198 Å². The standard InChI is InChI=1S/C25H20N2O4S2/c1-16-6-10-19(11-7-16)32-23-12-8-17(15-21(23)27(30)31)14-18(9-13-24(28)29)25-26-20-4-2-3-5-22(20)33-25/h2-8,10-12,14-15H,9,13H2,1H3,(H,28,29). The molecular formula is C25H20N2O4S2. The molecule has 1 N–H and O–H groups in total. The Morgan fingerprint density at radius 1 is 1.12 bits per heavy atom. The van der Waals surface area contributed by atoms with E-state index in [1.807, 2.05) is 61.5 Å². The van der Waals surface area contributed by atoms with Crippen LogP contribution in [0.5, 0.6) is 0 Å². The van der Waals surface area contributed by atoms with Gasteiger partial charge in [-0.3, -0.25) is 14.9 Å². The number of aromatic nitrogens is 1. The molecule has 4 rings (SSSR count). The van der Waals surface area contributed by atoms with Gasteiger partial charge in [-0.1, -0.05) is 47.7 Å². The third-order valence-electron chi connectivity index (χ3n) is 4.95. The van der Waals surface area contributed by atoms with Gasteiger partial charge in [0.2, 0.25) is 0 Å². The molecule has 1 heterocycles. The summed E-state index contributed by atoms with van der Waals surface area (Å²) in [5.74, 6) is -0.905. The van der Waals surface area contributed by atoms with Gasteiger partial charge in [-0.2, -0.15) is 0 Å². The summed E-state index contributed by atoms with van der Waals surface area (Å²) in [6.07, 6.45) is 2.03. The summed E-state index contributed by atoms with van der Waals surface area (Å²) >= 11 is 2.82. The summed E-state index contributed by atoms with van der Waals surface area (Å²) in [5.41, 5.74) is 3.35. The molecule has 0 saturated carbocycles. The topological polar surface area (TPSA) is 93.3 Å². The maximum Gasteiger partial charge on any atom is 0.303 e. The molecule has 0 radical (unpaired) electrons. The lowest BCUT2D eigenvalue weighted by atomic mass is 10.1. The zero-order valence-electron chi connectivity index (χ0n) is 17.7. The fraction of sp³-hybridized carbons (Fsp3) is 0.120. The lowest BCUT2D eigenvalue weighted by Crippen LogP contribution is -1.96. The molecule has 166 valence electrons. The van der Waals surface area contributed by atoms with Crippen molar-refractivity contribution in [1.29, 1.82) is 0 Å². The number of para-hydroxylation sites is 1. The molecule has 8 heteroatoms. The molecule has 0 amide bonds. The summed E-state index contributed by atoms with van der Waals surface area (Å²) in [6.45, 7) is 1.99. The highest BCUT2D eigenvalue weighted by molar-refractivity contribution is 7.99. The van der Waals surface area contributed by atoms with Crippen LogP contribution in [0.4, 0.5) is 5.69 Å². The first kappa shape index (κ1) is 22.7. The minimum Gasteiger partial charge on any atom is -0.481 e. The number of benzene rings is 3. The van der Waals surface area contributed by atoms with Gasteiger partial charge in [0.1, 0.15) is 5.01 Å². The molecule has 0 aliphatic heterocycles. The van der Waals surface area contributed by atoms with E-state index >= 15 is 0 Å². The molecule has 0 atom stereocenters. The lowest BCUT2D eigenvalue weighted by molar-refractivity contribution is -0.387. The second-order valence-electron chi connectivity index (χ2n) is 7.45. The van der Waals surface area contributed by atoms with Gasteiger partial charge >= 0.3 is 5.97 Å². The maximum absolute atomic E-state index is 11.8. The first-order valence-electron chi connectivity index (χ1n) is 10.2. The normalized spacial score (nSPS) is 11.6. The van der Waals surface area contributed by atoms with Crippen LogP contribution in [0.15, 0.2) is 76.5 Å². The van der Waals surface area contributed by atoms with Crippen LogP contribution in [0.3, 0.4) is 0 Å². The second-order valence-corrected chi connectivity index (χ2v) is 9.60. The van der Waals surface area contributed by atoms with Crippen LogP contribution in [-0.4, -0.2) is 21.0 Å². The number of carbonyl (C=O) groups is 1. The zero-order chi connectivity index (χ0) is 23.4. The van der Waals surface area contributed by atoms with Crippen molar-refractivity contribution in [3.05, 3.63) is 93.0 Å². The van der Waals surface area contributed by atoms with Crippen molar-refractivity contribution in [3.63, 3.8) is 0 Å². The Bertz CT molecular complexity index is 1330. The number of nitrogens with zero attached hydrogens (tertiary/aromatic N) is 2. The van der Waals surface area contributed by atoms with Crippen LogP contribution in [0, 0.1) is 17.0 Å². The SMILES string of the molecule is Cc1ccc(Sc2ccc(C=C(CCC(=O)O)c3nc4ccccc4s3)cc2[N+](=O)[O-])cc1. The molecule has 3 aromatic carbocycles. The lowest BCUT2D eigenvalue weighted by Gasteiger charge is -2.07. The zero-order valence-corrected chi connectivity index (χ0v) is 19.4. The van der Waals surface area contributed by atoms with Gasteiger partial charge in [0.05, 0.1) is 20.0 Å². The van der Waals surface area contributed by atoms with E-state index in [1.54, 1.807) is 12.1 Å². The second kappa shape index (κ2) is 9.97. The number of carboxylic acids is 1. The van der Waals surface area contributed by atoms with E-state index in [2.05, 4.69) is 4.98 Å². The van der Waals surface area contributed by atoms with Gasteiger partial charge in [0, 0.05) is 17.4 Å². The summed E-state index contributed by atoms with van der Waals surface area (Å²) in [6, 6.07) is 20.6. The van der Waals surface area contributed by atoms with E-state index in [0.717, 1.165) is 31.3 Å². The van der Waals surface area contributed by atoms with E-state index in [9.17, 15) is 20.0 Å². The number of thiazole rings is 1. The fourth-order valence-electron chi connectivity index (χ4n) is 3.28. The average molecular weight is 477 g/mol. The molecular weight excluding hydrogens is 456 g/mol. The monoisotopic (exact) mass is 476 g/mol. The number of hydrogen-bond acceptors (Lipinski definition) is 6. The highest BCUT2D eigenvalue weighted by Gasteiger charge is 2.17. The van der Waals surface area contributed by atoms with Gasteiger partial charge < -0.3 is 5.11 Å². The number of fused-ring (bicyclic) bond motifs is 1. The van der Waals surface area contributed by atoms with E-state index < -0.39 is 5.97 Å². The third kappa shape index (κ3) is 5.66. The number of rotatable bonds is 8. The van der Waals surface area contributed by atoms with Crippen LogP contribution in [0.1, 0.15) is 29.0 Å². The minimum absolute atomic E-state index is 0.0104. The number of aliphatic carboxylic acids is 1. The van der Waals surface area contributed by atoms with Gasteiger partial charge in [-0.05, 0) is 60.9 Å². The Morgan fingerprint density at radius 2 is 1.88 bits per heavy atom. The molecule has 4 aromatic rings. The molecule has 0 unspecified atom stereocenters. The van der Waals surface area contributed by atoms with Gasteiger partial charge in [-0.25, -0.2) is 4.98 Å². The molecule has 0 fully saturated rings. The number of aryl methyl sites for hydroxylation is 1. The van der Waals surface area contributed by atoms with E-state index in [-0.39, 0.29) is 23.5 Å². The van der Waals surface area contributed by atoms with Crippen LogP contribution in [0.2, 0.25) is 0 Å². The molecule has 0 aliphatic carbocycles. The van der Waals surface area contributed by atoms with Crippen LogP contribution in [0.25, 0.3) is 21.9 Å². The Morgan fingerprint density at radius 3 is 2.58 bits per heavy atom. The van der Waals surface area contributed by atoms with Crippen molar-refractivity contribution in [3.8, 4) is 0 Å². The first-order valence-corrected chi connectivity index (χ1v) is 11.8. The van der Waals surface area contributed by atoms with Crippen molar-refractivity contribution in [1.82, 2.24) is 4.98 Å². The van der Waals surface area contributed by atoms with Crippen molar-refractivity contribution in [2.75, 3.05) is 0 Å². The molecule has 33 heavy (non-hydrogen) atoms. The van der Waals surface area contributed by atoms with Gasteiger partial charge in [-0.15, -0.1) is 11.3 Å². The number of nitro benzene ring substituents is 1. The predicted molar refractivity (Wildman–Crippen MR) is 133 cm³/mol. The number of hydrogen-bond donors (Lipinski definition) is 1. The summed E-state index contributed by atoms with van der Waals surface area (Å²) in [4.78, 5) is 28.7. The first-order chi connectivity index (χ1) is 15.9. The van der Waals surface area contributed by atoms with Gasteiger partial charge in [0.25, 0.3) is 5.69 Å². The maximum atomic E-state index is 11.8. The summed E-state index contributed by atoms with van der Waals surface area (Å²) in [5, 5.41) is 21.7. The largest absolute Gasteiger partial charge is 0.481 e. The number of allylic oxidation sites excluding steroid dienone is 1. The molecule has 6 nitrogen and oxygen atoms in total. The molecule has 0 bridgehead atoms. The fourth-order valence-corrected chi connectivity index (χ4v) is 5.19. The Kier molecular flexibility index (Phi) is 6.86. The van der Waals surface area contributed by atoms with Crippen molar-refractivity contribution in [2.24, 2.45) is 0 Å². The van der Waals surface area contributed by atoms with Crippen molar-refractivity contribution < 1.29 is 14.8 Å². The van der Waals surface area contributed by atoms with Crippen molar-refractivity contribution >= 4 is 56.6 Å². The van der Waals surface area contributed by atoms with Crippen LogP contribution < -0.4 is 0 Å². The Hall–Kier alpha value is -3.49. The van der Waals surface area contributed by atoms with E-state index in [0.29, 0.717) is 10.5 Å². The van der Waals surface area contributed by atoms with E-state index in [1.165, 1.54) is 29.2 Å². The van der Waals surface area contributed by atoms with Crippen LogP contribution >= 0.6 is 23.1 Å². The average Bonchev–Trinajstić information content (AvgIpc) is 3.23. The van der Waals surface area contributed by atoms with Gasteiger partial charge in [0.15, 0.2) is 0 Å². The summed E-state index contributed by atoms with van der Waals surface area (Å²) in [7, 11) is 0. The minimum atomic E-state index is -0.905.